The molecular weight excluding hydrogens is 274 g/mol. The predicted molar refractivity (Wildman–Crippen MR) is 76.9 cm³/mol. The highest BCUT2D eigenvalue weighted by Crippen LogP contribution is 2.12. The third kappa shape index (κ3) is 3.83. The van der Waals surface area contributed by atoms with Crippen molar-refractivity contribution in [2.75, 3.05) is 36.6 Å². The quantitative estimate of drug-likeness (QED) is 0.380. The van der Waals surface area contributed by atoms with Crippen LogP contribution in [-0.4, -0.2) is 56.0 Å². The van der Waals surface area contributed by atoms with Crippen LogP contribution in [0.5, 0.6) is 0 Å². The van der Waals surface area contributed by atoms with Gasteiger partial charge in [0.25, 0.3) is 5.95 Å². The maximum atomic E-state index is 5.41. The summed E-state index contributed by atoms with van der Waals surface area (Å²) in [6.45, 7) is 6.65. The van der Waals surface area contributed by atoms with Gasteiger partial charge in [-0.3, -0.25) is 5.43 Å². The molecule has 3 N–H and O–H groups in total. The molecule has 10 heteroatoms. The summed E-state index contributed by atoms with van der Waals surface area (Å²) in [4.78, 5) is 18.6. The van der Waals surface area contributed by atoms with E-state index in [0.29, 0.717) is 31.7 Å². The Morgan fingerprint density at radius 2 is 2.19 bits per heavy atom. The summed E-state index contributed by atoms with van der Waals surface area (Å²) < 4.78 is 6.81. The van der Waals surface area contributed by atoms with E-state index in [1.165, 1.54) is 17.3 Å². The highest BCUT2D eigenvalue weighted by Gasteiger charge is 2.13. The van der Waals surface area contributed by atoms with Crippen molar-refractivity contribution in [1.82, 2.24) is 29.7 Å². The Morgan fingerprint density at radius 1 is 1.33 bits per heavy atom. The number of ether oxygens (including phenoxy) is 1. The number of nitrogens with two attached hydrogens (primary N) is 1. The summed E-state index contributed by atoms with van der Waals surface area (Å²) in [7, 11) is 0. The monoisotopic (exact) mass is 293 g/mol. The lowest BCUT2D eigenvalue weighted by Crippen LogP contribution is -2.30. The Kier molecular flexibility index (Phi) is 5.35. The first kappa shape index (κ1) is 15.1. The van der Waals surface area contributed by atoms with Crippen LogP contribution in [0.2, 0.25) is 0 Å². The van der Waals surface area contributed by atoms with Crippen LogP contribution in [0.3, 0.4) is 0 Å². The molecule has 2 aromatic heterocycles. The average Bonchev–Trinajstić information content (AvgIpc) is 3.05. The Balaban J connectivity index is 2.26. The second kappa shape index (κ2) is 7.45. The molecule has 114 valence electrons. The minimum absolute atomic E-state index is 0.264. The maximum Gasteiger partial charge on any atom is 0.258 e. The number of hydrogen-bond acceptors (Lipinski definition) is 9. The molecule has 0 amide bonds. The van der Waals surface area contributed by atoms with E-state index in [1.807, 2.05) is 18.7 Å². The van der Waals surface area contributed by atoms with Crippen LogP contribution < -0.4 is 16.2 Å². The first-order chi connectivity index (χ1) is 10.3. The van der Waals surface area contributed by atoms with Gasteiger partial charge in [-0.15, -0.1) is 0 Å². The molecular formula is C11H19N9O. The number of nitrogen functional groups attached to an aromatic ring is 1. The molecule has 0 aromatic carbocycles. The van der Waals surface area contributed by atoms with Crippen LogP contribution in [0, 0.1) is 0 Å². The number of nitrogens with zero attached hydrogens (tertiary/aromatic N) is 7. The fourth-order valence-corrected chi connectivity index (χ4v) is 1.69. The average molecular weight is 293 g/mol. The van der Waals surface area contributed by atoms with Gasteiger partial charge in [0, 0.05) is 19.7 Å². The molecule has 10 nitrogen and oxygen atoms in total. The molecule has 2 aromatic rings. The summed E-state index contributed by atoms with van der Waals surface area (Å²) in [5.41, 5.74) is 2.43. The summed E-state index contributed by atoms with van der Waals surface area (Å²) in [6, 6.07) is 0. The zero-order valence-electron chi connectivity index (χ0n) is 12.1. The third-order valence-corrected chi connectivity index (χ3v) is 2.74. The molecule has 21 heavy (non-hydrogen) atoms. The second-order valence-corrected chi connectivity index (χ2v) is 4.02. The van der Waals surface area contributed by atoms with Crippen LogP contribution in [0.25, 0.3) is 5.95 Å². The third-order valence-electron chi connectivity index (χ3n) is 2.74. The summed E-state index contributed by atoms with van der Waals surface area (Å²) in [6.07, 6.45) is 2.92. The first-order valence-corrected chi connectivity index (χ1v) is 6.68. The minimum Gasteiger partial charge on any atom is -0.380 e. The number of nitrogens with one attached hydrogen (secondary N) is 1. The van der Waals surface area contributed by atoms with Crippen molar-refractivity contribution in [3.05, 3.63) is 12.7 Å². The van der Waals surface area contributed by atoms with Gasteiger partial charge in [-0.1, -0.05) is 0 Å². The fourth-order valence-electron chi connectivity index (χ4n) is 1.69. The first-order valence-electron chi connectivity index (χ1n) is 6.68. The van der Waals surface area contributed by atoms with E-state index < -0.39 is 0 Å². The van der Waals surface area contributed by atoms with Crippen molar-refractivity contribution in [2.45, 2.75) is 13.8 Å². The number of likely N-dealkylation sites (N-methyl/N-ethyl adjacent to an activating group) is 1. The number of rotatable bonds is 8. The number of hydrazine groups is 1. The normalized spacial score (nSPS) is 10.6. The molecule has 0 aliphatic carbocycles. The topological polar surface area (TPSA) is 120 Å². The van der Waals surface area contributed by atoms with Crippen molar-refractivity contribution in [3.8, 4) is 5.95 Å². The number of aromatic nitrogens is 6. The lowest BCUT2D eigenvalue weighted by molar-refractivity contribution is 0.153. The van der Waals surface area contributed by atoms with Crippen molar-refractivity contribution < 1.29 is 4.74 Å². The predicted octanol–water partition coefficient (Wildman–Crippen LogP) is -0.399. The molecule has 0 aliphatic heterocycles. The van der Waals surface area contributed by atoms with Gasteiger partial charge in [0.2, 0.25) is 11.9 Å². The van der Waals surface area contributed by atoms with Crippen LogP contribution >= 0.6 is 0 Å². The molecule has 0 aliphatic rings. The Morgan fingerprint density at radius 3 is 2.81 bits per heavy atom. The Labute approximate surface area is 122 Å². The van der Waals surface area contributed by atoms with Crippen LogP contribution in [-0.2, 0) is 4.74 Å². The molecule has 0 bridgehead atoms. The van der Waals surface area contributed by atoms with Gasteiger partial charge < -0.3 is 9.64 Å². The van der Waals surface area contributed by atoms with E-state index in [4.69, 9.17) is 10.6 Å². The van der Waals surface area contributed by atoms with Gasteiger partial charge in [0.05, 0.1) is 6.61 Å². The van der Waals surface area contributed by atoms with E-state index in [2.05, 4.69) is 30.5 Å². The molecule has 0 unspecified atom stereocenters. The molecule has 0 fully saturated rings. The zero-order chi connectivity index (χ0) is 15.1. The van der Waals surface area contributed by atoms with Crippen LogP contribution in [0.4, 0.5) is 11.9 Å². The highest BCUT2D eigenvalue weighted by atomic mass is 16.5. The molecule has 0 spiro atoms. The number of hydrogen-bond donors (Lipinski definition) is 2. The SMILES string of the molecule is CCOCCN(CC)c1nc(NN)nc(-n2cncn2)n1. The van der Waals surface area contributed by atoms with Gasteiger partial charge >= 0.3 is 0 Å². The van der Waals surface area contributed by atoms with Gasteiger partial charge in [-0.25, -0.2) is 10.8 Å². The maximum absolute atomic E-state index is 5.41. The fraction of sp³-hybridized carbons (Fsp3) is 0.545. The molecule has 0 atom stereocenters. The minimum atomic E-state index is 0.264. The smallest absolute Gasteiger partial charge is 0.258 e. The van der Waals surface area contributed by atoms with Gasteiger partial charge in [0.15, 0.2) is 0 Å². The molecule has 2 heterocycles. The standard InChI is InChI=1S/C11H19N9O/c1-3-19(5-6-21-4-2)10-15-9(18-12)16-11(17-10)20-8-13-7-14-20/h7-8H,3-6,12H2,1-2H3,(H,15,16,17,18). The molecule has 2 rings (SSSR count). The summed E-state index contributed by atoms with van der Waals surface area (Å²) in [5.74, 6) is 6.53. The van der Waals surface area contributed by atoms with Crippen molar-refractivity contribution in [2.24, 2.45) is 5.84 Å². The molecule has 0 radical (unpaired) electrons. The lowest BCUT2D eigenvalue weighted by atomic mass is 10.5. The van der Waals surface area contributed by atoms with E-state index in [9.17, 15) is 0 Å². The van der Waals surface area contributed by atoms with Gasteiger partial charge in [-0.2, -0.15) is 24.7 Å². The van der Waals surface area contributed by atoms with E-state index >= 15 is 0 Å². The lowest BCUT2D eigenvalue weighted by Gasteiger charge is -2.21. The van der Waals surface area contributed by atoms with Crippen molar-refractivity contribution in [3.63, 3.8) is 0 Å². The van der Waals surface area contributed by atoms with E-state index in [1.54, 1.807) is 0 Å². The molecule has 0 saturated heterocycles. The summed E-state index contributed by atoms with van der Waals surface area (Å²) >= 11 is 0. The van der Waals surface area contributed by atoms with Gasteiger partial charge in [0.1, 0.15) is 12.7 Å². The largest absolute Gasteiger partial charge is 0.380 e. The van der Waals surface area contributed by atoms with Crippen molar-refractivity contribution in [1.29, 1.82) is 0 Å². The van der Waals surface area contributed by atoms with Gasteiger partial charge in [-0.05, 0) is 13.8 Å². The van der Waals surface area contributed by atoms with E-state index in [-0.39, 0.29) is 5.95 Å². The zero-order valence-corrected chi connectivity index (χ0v) is 12.1. The Hall–Kier alpha value is -2.33. The highest BCUT2D eigenvalue weighted by molar-refractivity contribution is 5.39. The second-order valence-electron chi connectivity index (χ2n) is 4.02. The van der Waals surface area contributed by atoms with E-state index in [0.717, 1.165) is 6.54 Å². The van der Waals surface area contributed by atoms with Crippen molar-refractivity contribution >= 4 is 11.9 Å². The van der Waals surface area contributed by atoms with Crippen LogP contribution in [0.15, 0.2) is 12.7 Å². The molecule has 0 saturated carbocycles. The summed E-state index contributed by atoms with van der Waals surface area (Å²) in [5, 5.41) is 4.00. The van der Waals surface area contributed by atoms with Crippen LogP contribution in [0.1, 0.15) is 13.8 Å². The Bertz CT molecular complexity index is 545. The number of anilines is 2.